The van der Waals surface area contributed by atoms with Crippen molar-refractivity contribution in [3.63, 3.8) is 0 Å². The molecule has 3 rings (SSSR count). The van der Waals surface area contributed by atoms with Gasteiger partial charge in [-0.1, -0.05) is 0 Å². The van der Waals surface area contributed by atoms with Crippen molar-refractivity contribution < 1.29 is 9.47 Å². The lowest BCUT2D eigenvalue weighted by Crippen LogP contribution is -2.37. The van der Waals surface area contributed by atoms with E-state index in [4.69, 9.17) is 9.47 Å². The van der Waals surface area contributed by atoms with Crippen LogP contribution in [0.5, 0.6) is 11.5 Å². The van der Waals surface area contributed by atoms with Gasteiger partial charge in [-0.3, -0.25) is 0 Å². The van der Waals surface area contributed by atoms with Gasteiger partial charge in [-0.05, 0) is 25.5 Å². The van der Waals surface area contributed by atoms with Gasteiger partial charge < -0.3 is 14.8 Å². The molecule has 1 N–H and O–H groups in total. The molecule has 2 aromatic rings. The van der Waals surface area contributed by atoms with Gasteiger partial charge in [-0.2, -0.15) is 0 Å². The molecule has 1 aromatic heterocycles. The second-order valence-electron chi connectivity index (χ2n) is 4.67. The molecule has 1 atom stereocenters. The number of ether oxygens (including phenoxy) is 2. The summed E-state index contributed by atoms with van der Waals surface area (Å²) in [4.78, 5) is 8.26. The smallest absolute Gasteiger partial charge is 0.162 e. The third-order valence-corrected chi connectivity index (χ3v) is 3.34. The lowest BCUT2D eigenvalue weighted by molar-refractivity contribution is 0.161. The van der Waals surface area contributed by atoms with Crippen molar-refractivity contribution in [3.8, 4) is 11.5 Å². The Kier molecular flexibility index (Phi) is 3.46. The van der Waals surface area contributed by atoms with Gasteiger partial charge in [0.25, 0.3) is 0 Å². The first-order valence-electron chi connectivity index (χ1n) is 6.52. The summed E-state index contributed by atoms with van der Waals surface area (Å²) in [5, 5.41) is 4.30. The predicted molar refractivity (Wildman–Crippen MR) is 72.6 cm³/mol. The fourth-order valence-corrected chi connectivity index (χ4v) is 2.34. The van der Waals surface area contributed by atoms with Crippen molar-refractivity contribution in [1.29, 1.82) is 0 Å². The molecule has 1 aliphatic rings. The minimum Gasteiger partial charge on any atom is -0.493 e. The number of nitrogens with one attached hydrogen (secondary N) is 1. The van der Waals surface area contributed by atoms with Crippen LogP contribution in [-0.2, 0) is 0 Å². The topological polar surface area (TPSA) is 56.3 Å². The van der Waals surface area contributed by atoms with Crippen LogP contribution >= 0.6 is 0 Å². The first-order chi connectivity index (χ1) is 9.36. The molecule has 19 heavy (non-hydrogen) atoms. The van der Waals surface area contributed by atoms with Crippen molar-refractivity contribution >= 4 is 10.9 Å². The van der Waals surface area contributed by atoms with Crippen molar-refractivity contribution in [2.45, 2.75) is 18.9 Å². The Morgan fingerprint density at radius 1 is 1.32 bits per heavy atom. The highest BCUT2D eigenvalue weighted by Crippen LogP contribution is 2.32. The van der Waals surface area contributed by atoms with Gasteiger partial charge in [-0.25, -0.2) is 9.97 Å². The van der Waals surface area contributed by atoms with E-state index in [0.29, 0.717) is 0 Å². The molecule has 0 aliphatic carbocycles. The summed E-state index contributed by atoms with van der Waals surface area (Å²) in [6.45, 7) is 1.95. The zero-order chi connectivity index (χ0) is 13.1. The minimum absolute atomic E-state index is 0.199. The summed E-state index contributed by atoms with van der Waals surface area (Å²) in [7, 11) is 1.65. The SMILES string of the molecule is COc1cc2ncncc2cc1OC1CCCNC1. The molecule has 100 valence electrons. The quantitative estimate of drug-likeness (QED) is 0.910. The zero-order valence-corrected chi connectivity index (χ0v) is 10.9. The normalized spacial score (nSPS) is 19.3. The minimum atomic E-state index is 0.199. The molecule has 1 aromatic carbocycles. The average molecular weight is 259 g/mol. The van der Waals surface area contributed by atoms with Gasteiger partial charge in [0.2, 0.25) is 0 Å². The van der Waals surface area contributed by atoms with Crippen molar-refractivity contribution in [2.24, 2.45) is 0 Å². The molecule has 0 amide bonds. The number of nitrogens with zero attached hydrogens (tertiary/aromatic N) is 2. The fraction of sp³-hybridized carbons (Fsp3) is 0.429. The highest BCUT2D eigenvalue weighted by atomic mass is 16.5. The fourth-order valence-electron chi connectivity index (χ4n) is 2.34. The van der Waals surface area contributed by atoms with E-state index in [1.807, 2.05) is 12.1 Å². The maximum Gasteiger partial charge on any atom is 0.162 e. The molecular formula is C14H17N3O2. The molecule has 1 aliphatic heterocycles. The first kappa shape index (κ1) is 12.2. The molecule has 0 spiro atoms. The lowest BCUT2D eigenvalue weighted by atomic mass is 10.1. The summed E-state index contributed by atoms with van der Waals surface area (Å²) < 4.78 is 11.4. The highest BCUT2D eigenvalue weighted by molar-refractivity contribution is 5.81. The maximum atomic E-state index is 6.04. The third kappa shape index (κ3) is 2.61. The Morgan fingerprint density at radius 3 is 3.05 bits per heavy atom. The van der Waals surface area contributed by atoms with Gasteiger partial charge >= 0.3 is 0 Å². The Bertz CT molecular complexity index is 568. The van der Waals surface area contributed by atoms with Gasteiger partial charge in [0.05, 0.1) is 12.6 Å². The largest absolute Gasteiger partial charge is 0.493 e. The number of piperidine rings is 1. The zero-order valence-electron chi connectivity index (χ0n) is 10.9. The third-order valence-electron chi connectivity index (χ3n) is 3.34. The van der Waals surface area contributed by atoms with Crippen LogP contribution in [-0.4, -0.2) is 36.3 Å². The number of hydrogen-bond donors (Lipinski definition) is 1. The number of benzene rings is 1. The van der Waals surface area contributed by atoms with Gasteiger partial charge in [0, 0.05) is 24.2 Å². The van der Waals surface area contributed by atoms with Crippen molar-refractivity contribution in [2.75, 3.05) is 20.2 Å². The number of methoxy groups -OCH3 is 1. The summed E-state index contributed by atoms with van der Waals surface area (Å²) in [5.74, 6) is 1.48. The van der Waals surface area contributed by atoms with E-state index in [-0.39, 0.29) is 6.10 Å². The summed E-state index contributed by atoms with van der Waals surface area (Å²) >= 11 is 0. The molecule has 1 fully saturated rings. The van der Waals surface area contributed by atoms with Gasteiger partial charge in [-0.15, -0.1) is 0 Å². The molecule has 0 bridgehead atoms. The second kappa shape index (κ2) is 5.40. The average Bonchev–Trinajstić information content (AvgIpc) is 2.47. The van der Waals surface area contributed by atoms with Crippen LogP contribution < -0.4 is 14.8 Å². The lowest BCUT2D eigenvalue weighted by Gasteiger charge is -2.24. The standard InChI is InChI=1S/C14H17N3O2/c1-18-13-6-12-10(7-16-9-17-12)5-14(13)19-11-3-2-4-15-8-11/h5-7,9,11,15H,2-4,8H2,1H3. The monoisotopic (exact) mass is 259 g/mol. The summed E-state index contributed by atoms with van der Waals surface area (Å²) in [6, 6.07) is 3.84. The van der Waals surface area contributed by atoms with E-state index in [1.165, 1.54) is 6.33 Å². The number of hydrogen-bond acceptors (Lipinski definition) is 5. The van der Waals surface area contributed by atoms with Crippen LogP contribution in [0.25, 0.3) is 10.9 Å². The maximum absolute atomic E-state index is 6.04. The molecular weight excluding hydrogens is 242 g/mol. The Labute approximate surface area is 112 Å². The van der Waals surface area contributed by atoms with E-state index < -0.39 is 0 Å². The van der Waals surface area contributed by atoms with E-state index in [1.54, 1.807) is 13.3 Å². The van der Waals surface area contributed by atoms with Gasteiger partial charge in [0.15, 0.2) is 11.5 Å². The molecule has 1 unspecified atom stereocenters. The molecule has 2 heterocycles. The predicted octanol–water partition coefficient (Wildman–Crippen LogP) is 1.77. The highest BCUT2D eigenvalue weighted by Gasteiger charge is 2.17. The van der Waals surface area contributed by atoms with Crippen LogP contribution in [0.2, 0.25) is 0 Å². The second-order valence-corrected chi connectivity index (χ2v) is 4.67. The number of fused-ring (bicyclic) bond motifs is 1. The Morgan fingerprint density at radius 2 is 2.26 bits per heavy atom. The molecule has 5 nitrogen and oxygen atoms in total. The van der Waals surface area contributed by atoms with Crippen LogP contribution in [0.15, 0.2) is 24.7 Å². The van der Waals surface area contributed by atoms with Crippen molar-refractivity contribution in [3.05, 3.63) is 24.7 Å². The molecule has 0 saturated carbocycles. The molecule has 1 saturated heterocycles. The van der Waals surface area contributed by atoms with Gasteiger partial charge in [0.1, 0.15) is 12.4 Å². The van der Waals surface area contributed by atoms with E-state index in [0.717, 1.165) is 48.3 Å². The van der Waals surface area contributed by atoms with Crippen LogP contribution in [0.1, 0.15) is 12.8 Å². The Hall–Kier alpha value is -1.88. The molecule has 5 heteroatoms. The molecule has 0 radical (unpaired) electrons. The summed E-state index contributed by atoms with van der Waals surface area (Å²) in [6.07, 6.45) is 5.73. The van der Waals surface area contributed by atoms with E-state index >= 15 is 0 Å². The number of aromatic nitrogens is 2. The van der Waals surface area contributed by atoms with Crippen LogP contribution in [0, 0.1) is 0 Å². The summed E-state index contributed by atoms with van der Waals surface area (Å²) in [5.41, 5.74) is 0.862. The Balaban J connectivity index is 1.91. The van der Waals surface area contributed by atoms with E-state index in [9.17, 15) is 0 Å². The first-order valence-corrected chi connectivity index (χ1v) is 6.52. The number of rotatable bonds is 3. The van der Waals surface area contributed by atoms with Crippen molar-refractivity contribution in [1.82, 2.24) is 15.3 Å². The van der Waals surface area contributed by atoms with E-state index in [2.05, 4.69) is 15.3 Å². The van der Waals surface area contributed by atoms with Crippen LogP contribution in [0.3, 0.4) is 0 Å². The van der Waals surface area contributed by atoms with Crippen LogP contribution in [0.4, 0.5) is 0 Å².